The van der Waals surface area contributed by atoms with E-state index in [9.17, 15) is 19.2 Å². The lowest BCUT2D eigenvalue weighted by Gasteiger charge is -2.24. The summed E-state index contributed by atoms with van der Waals surface area (Å²) in [6.45, 7) is 9.11. The van der Waals surface area contributed by atoms with E-state index in [2.05, 4.69) is 11.9 Å². The van der Waals surface area contributed by atoms with Crippen LogP contribution >= 0.6 is 0 Å². The first-order chi connectivity index (χ1) is 15.6. The number of hydrogen-bond donors (Lipinski definition) is 1. The van der Waals surface area contributed by atoms with Gasteiger partial charge < -0.3 is 24.3 Å². The van der Waals surface area contributed by atoms with Gasteiger partial charge in [0.1, 0.15) is 24.5 Å². The highest BCUT2D eigenvalue weighted by Crippen LogP contribution is 2.23. The molecule has 3 atom stereocenters. The van der Waals surface area contributed by atoms with E-state index < -0.39 is 41.8 Å². The topological polar surface area (TPSA) is 111 Å². The molecule has 1 aromatic carbocycles. The molecule has 9 nitrogen and oxygen atoms in total. The molecule has 1 heterocycles. The highest BCUT2D eigenvalue weighted by molar-refractivity contribution is 5.89. The quantitative estimate of drug-likeness (QED) is 0.324. The fourth-order valence-corrected chi connectivity index (χ4v) is 3.34. The summed E-state index contributed by atoms with van der Waals surface area (Å²) < 4.78 is 16.2. The molecule has 180 valence electrons. The van der Waals surface area contributed by atoms with Gasteiger partial charge in [-0.1, -0.05) is 43.0 Å². The molecule has 0 spiro atoms. The molecule has 0 aromatic heterocycles. The molecule has 2 amide bonds. The molecule has 1 aliphatic rings. The van der Waals surface area contributed by atoms with Gasteiger partial charge in [0.05, 0.1) is 31.7 Å². The zero-order valence-corrected chi connectivity index (χ0v) is 19.3. The standard InChI is InChI=1S/C24H32N2O7/c1-5-11-31-23(30)26-14-19(32-16-17-9-7-6-8-10-17)13-20(26)22(29)25-18(15-27)12-21(28)33-24(2,3)4/h5-10,15,18-20H,1,11-14,16H2,2-4H3,(H,25,29)/t18?,19?,20-/m0/s1. The van der Waals surface area contributed by atoms with Gasteiger partial charge in [0, 0.05) is 6.42 Å². The number of esters is 1. The van der Waals surface area contributed by atoms with Crippen molar-refractivity contribution in [2.45, 2.75) is 64.0 Å². The second-order valence-electron chi connectivity index (χ2n) is 8.73. The normalized spacial score (nSPS) is 18.8. The predicted molar refractivity (Wildman–Crippen MR) is 120 cm³/mol. The van der Waals surface area contributed by atoms with Crippen LogP contribution in [0.15, 0.2) is 43.0 Å². The molecule has 1 saturated heterocycles. The number of carbonyl (C=O) groups is 4. The van der Waals surface area contributed by atoms with Crippen LogP contribution in [0.25, 0.3) is 0 Å². The van der Waals surface area contributed by atoms with Crippen molar-refractivity contribution in [3.63, 3.8) is 0 Å². The van der Waals surface area contributed by atoms with Crippen molar-refractivity contribution >= 4 is 24.3 Å². The SMILES string of the molecule is C=CCOC(=O)N1CC(OCc2ccccc2)C[C@H]1C(=O)NC(C=O)CC(=O)OC(C)(C)C. The van der Waals surface area contributed by atoms with Crippen molar-refractivity contribution in [3.05, 3.63) is 48.6 Å². The van der Waals surface area contributed by atoms with E-state index in [4.69, 9.17) is 14.2 Å². The smallest absolute Gasteiger partial charge is 0.410 e. The maximum absolute atomic E-state index is 12.9. The molecule has 9 heteroatoms. The van der Waals surface area contributed by atoms with Crippen LogP contribution in [0, 0.1) is 0 Å². The van der Waals surface area contributed by atoms with Gasteiger partial charge in [-0.2, -0.15) is 0 Å². The zero-order chi connectivity index (χ0) is 24.4. The number of benzene rings is 1. The third kappa shape index (κ3) is 8.69. The van der Waals surface area contributed by atoms with Crippen LogP contribution in [0.1, 0.15) is 39.2 Å². The maximum Gasteiger partial charge on any atom is 0.410 e. The molecular weight excluding hydrogens is 428 g/mol. The van der Waals surface area contributed by atoms with Crippen LogP contribution in [0.2, 0.25) is 0 Å². The van der Waals surface area contributed by atoms with Crippen LogP contribution in [-0.2, 0) is 35.2 Å². The van der Waals surface area contributed by atoms with E-state index >= 15 is 0 Å². The molecular formula is C24H32N2O7. The Morgan fingerprint density at radius 3 is 2.55 bits per heavy atom. The lowest BCUT2D eigenvalue weighted by Crippen LogP contribution is -2.50. The third-order valence-electron chi connectivity index (χ3n) is 4.75. The first kappa shape index (κ1) is 26.1. The van der Waals surface area contributed by atoms with Gasteiger partial charge in [-0.3, -0.25) is 14.5 Å². The number of nitrogens with one attached hydrogen (secondary N) is 1. The van der Waals surface area contributed by atoms with E-state index in [1.54, 1.807) is 20.8 Å². The second-order valence-corrected chi connectivity index (χ2v) is 8.73. The van der Waals surface area contributed by atoms with E-state index in [0.29, 0.717) is 12.9 Å². The van der Waals surface area contributed by atoms with Gasteiger partial charge in [0.2, 0.25) is 5.91 Å². The largest absolute Gasteiger partial charge is 0.460 e. The van der Waals surface area contributed by atoms with Crippen molar-refractivity contribution in [2.24, 2.45) is 0 Å². The first-order valence-electron chi connectivity index (χ1n) is 10.8. The Hall–Kier alpha value is -3.20. The molecule has 1 aromatic rings. The summed E-state index contributed by atoms with van der Waals surface area (Å²) in [5.74, 6) is -1.19. The highest BCUT2D eigenvalue weighted by atomic mass is 16.6. The Balaban J connectivity index is 2.03. The van der Waals surface area contributed by atoms with E-state index in [-0.39, 0.29) is 26.0 Å². The summed E-state index contributed by atoms with van der Waals surface area (Å²) in [5.41, 5.74) is 0.249. The van der Waals surface area contributed by atoms with Crippen LogP contribution < -0.4 is 5.32 Å². The minimum atomic E-state index is -1.08. The number of carbonyl (C=O) groups excluding carboxylic acids is 4. The van der Waals surface area contributed by atoms with Gasteiger partial charge in [0.25, 0.3) is 0 Å². The number of likely N-dealkylation sites (tertiary alicyclic amines) is 1. The van der Waals surface area contributed by atoms with Gasteiger partial charge in [0.15, 0.2) is 0 Å². The average Bonchev–Trinajstić information content (AvgIpc) is 3.19. The van der Waals surface area contributed by atoms with Gasteiger partial charge in [-0.25, -0.2) is 4.79 Å². The predicted octanol–water partition coefficient (Wildman–Crippen LogP) is 2.38. The van der Waals surface area contributed by atoms with Crippen molar-refractivity contribution in [2.75, 3.05) is 13.2 Å². The number of nitrogens with zero attached hydrogens (tertiary/aromatic N) is 1. The molecule has 1 N–H and O–H groups in total. The van der Waals surface area contributed by atoms with Crippen molar-refractivity contribution in [3.8, 4) is 0 Å². The van der Waals surface area contributed by atoms with Crippen LogP contribution in [0.3, 0.4) is 0 Å². The molecule has 1 aliphatic heterocycles. The summed E-state index contributed by atoms with van der Waals surface area (Å²) in [6, 6.07) is 7.53. The second kappa shape index (κ2) is 12.2. The van der Waals surface area contributed by atoms with Crippen LogP contribution in [0.5, 0.6) is 0 Å². The fraction of sp³-hybridized carbons (Fsp3) is 0.500. The van der Waals surface area contributed by atoms with Crippen LogP contribution in [0.4, 0.5) is 4.79 Å². The lowest BCUT2D eigenvalue weighted by atomic mass is 10.1. The molecule has 0 saturated carbocycles. The minimum Gasteiger partial charge on any atom is -0.460 e. The van der Waals surface area contributed by atoms with Gasteiger partial charge >= 0.3 is 12.1 Å². The summed E-state index contributed by atoms with van der Waals surface area (Å²) in [6.07, 6.45) is 0.720. The zero-order valence-electron chi connectivity index (χ0n) is 19.3. The van der Waals surface area contributed by atoms with E-state index in [0.717, 1.165) is 5.56 Å². The molecule has 0 aliphatic carbocycles. The molecule has 1 fully saturated rings. The molecule has 0 radical (unpaired) electrons. The molecule has 2 rings (SSSR count). The molecule has 2 unspecified atom stereocenters. The summed E-state index contributed by atoms with van der Waals surface area (Å²) in [5, 5.41) is 2.53. The Morgan fingerprint density at radius 1 is 1.24 bits per heavy atom. The number of amides is 2. The number of aldehydes is 1. The summed E-state index contributed by atoms with van der Waals surface area (Å²) >= 11 is 0. The van der Waals surface area contributed by atoms with Crippen molar-refractivity contribution in [1.29, 1.82) is 0 Å². The Morgan fingerprint density at radius 2 is 1.94 bits per heavy atom. The first-order valence-corrected chi connectivity index (χ1v) is 10.8. The Bertz CT molecular complexity index is 835. The maximum atomic E-state index is 12.9. The van der Waals surface area contributed by atoms with Crippen molar-refractivity contribution in [1.82, 2.24) is 10.2 Å². The van der Waals surface area contributed by atoms with E-state index in [1.165, 1.54) is 11.0 Å². The number of rotatable bonds is 10. The molecule has 0 bridgehead atoms. The monoisotopic (exact) mass is 460 g/mol. The summed E-state index contributed by atoms with van der Waals surface area (Å²) in [7, 11) is 0. The lowest BCUT2D eigenvalue weighted by molar-refractivity contribution is -0.156. The Labute approximate surface area is 194 Å². The number of hydrogen-bond acceptors (Lipinski definition) is 7. The van der Waals surface area contributed by atoms with Crippen LogP contribution in [-0.4, -0.2) is 66.1 Å². The highest BCUT2D eigenvalue weighted by Gasteiger charge is 2.41. The van der Waals surface area contributed by atoms with Gasteiger partial charge in [-0.15, -0.1) is 0 Å². The van der Waals surface area contributed by atoms with E-state index in [1.807, 2.05) is 30.3 Å². The Kier molecular flexibility index (Phi) is 9.59. The minimum absolute atomic E-state index is 0.00514. The third-order valence-corrected chi connectivity index (χ3v) is 4.75. The fourth-order valence-electron chi connectivity index (χ4n) is 3.34. The molecule has 33 heavy (non-hydrogen) atoms. The van der Waals surface area contributed by atoms with Gasteiger partial charge in [-0.05, 0) is 26.3 Å². The summed E-state index contributed by atoms with van der Waals surface area (Å²) in [4.78, 5) is 50.2. The average molecular weight is 461 g/mol. The number of ether oxygens (including phenoxy) is 3. The van der Waals surface area contributed by atoms with Crippen molar-refractivity contribution < 1.29 is 33.4 Å².